The summed E-state index contributed by atoms with van der Waals surface area (Å²) in [6.45, 7) is 4.59. The van der Waals surface area contributed by atoms with Gasteiger partial charge in [-0.15, -0.1) is 0 Å². The Kier molecular flexibility index (Phi) is 6.50. The third kappa shape index (κ3) is 4.13. The van der Waals surface area contributed by atoms with E-state index < -0.39 is 0 Å². The van der Waals surface area contributed by atoms with Crippen LogP contribution in [0.15, 0.2) is 30.3 Å². The molecule has 90 valence electrons. The second-order valence-corrected chi connectivity index (χ2v) is 7.88. The first kappa shape index (κ1) is 14.1. The normalized spacial score (nSPS) is 11.7. The summed E-state index contributed by atoms with van der Waals surface area (Å²) >= 11 is 1.36. The van der Waals surface area contributed by atoms with Gasteiger partial charge in [0.15, 0.2) is 0 Å². The number of hydrogen-bond donors (Lipinski definition) is 0. The SMILES string of the molecule is CCCC[C]([SbH2])(CCCC)c1ccccc1. The van der Waals surface area contributed by atoms with Gasteiger partial charge in [-0.1, -0.05) is 0 Å². The summed E-state index contributed by atoms with van der Waals surface area (Å²) in [7, 11) is 0. The van der Waals surface area contributed by atoms with E-state index in [4.69, 9.17) is 0 Å². The van der Waals surface area contributed by atoms with Crippen molar-refractivity contribution in [2.24, 2.45) is 0 Å². The molecule has 16 heavy (non-hydrogen) atoms. The Hall–Kier alpha value is 0.0382. The molecule has 0 saturated carbocycles. The molecule has 0 nitrogen and oxygen atoms in total. The van der Waals surface area contributed by atoms with Crippen LogP contribution in [0.5, 0.6) is 0 Å². The summed E-state index contributed by atoms with van der Waals surface area (Å²) in [4.78, 5) is 0. The van der Waals surface area contributed by atoms with Crippen molar-refractivity contribution in [1.82, 2.24) is 0 Å². The second kappa shape index (κ2) is 7.38. The van der Waals surface area contributed by atoms with Gasteiger partial charge in [-0.25, -0.2) is 0 Å². The molecule has 1 rings (SSSR count). The molecular weight excluding hydrogens is 302 g/mol. The fraction of sp³-hybridized carbons (Fsp3) is 0.600. The average Bonchev–Trinajstić information content (AvgIpc) is 2.35. The summed E-state index contributed by atoms with van der Waals surface area (Å²) < 4.78 is 0.526. The molecule has 0 amide bonds. The van der Waals surface area contributed by atoms with Crippen LogP contribution in [0.1, 0.15) is 57.9 Å². The maximum atomic E-state index is 2.33. The fourth-order valence-electron chi connectivity index (χ4n) is 2.17. The van der Waals surface area contributed by atoms with Crippen LogP contribution in [0.25, 0.3) is 0 Å². The minimum absolute atomic E-state index is 0.526. The Morgan fingerprint density at radius 1 is 0.938 bits per heavy atom. The molecule has 0 radical (unpaired) electrons. The van der Waals surface area contributed by atoms with E-state index in [1.54, 1.807) is 5.56 Å². The standard InChI is InChI=1S/C15H23.Sb.2H/c1-3-5-10-14(11-6-4-2)15-12-8-7-9-13-15;;;/h7-9,12-13H,3-6,10-11H2,1-2H3;;;. The van der Waals surface area contributed by atoms with Crippen molar-refractivity contribution >= 4 is 23.0 Å². The predicted molar refractivity (Wildman–Crippen MR) is 75.7 cm³/mol. The molecule has 0 aromatic heterocycles. The van der Waals surface area contributed by atoms with Gasteiger partial charge in [-0.05, 0) is 0 Å². The molecule has 0 saturated heterocycles. The van der Waals surface area contributed by atoms with Crippen molar-refractivity contribution < 1.29 is 0 Å². The van der Waals surface area contributed by atoms with E-state index in [9.17, 15) is 0 Å². The Bertz CT molecular complexity index is 271. The molecule has 1 aromatic rings. The van der Waals surface area contributed by atoms with Gasteiger partial charge in [0.25, 0.3) is 0 Å². The third-order valence-corrected chi connectivity index (χ3v) is 5.90. The topological polar surface area (TPSA) is 0 Å². The van der Waals surface area contributed by atoms with Gasteiger partial charge < -0.3 is 0 Å². The summed E-state index contributed by atoms with van der Waals surface area (Å²) in [5.41, 5.74) is 1.58. The first-order chi connectivity index (χ1) is 7.73. The van der Waals surface area contributed by atoms with Gasteiger partial charge in [0.1, 0.15) is 0 Å². The molecule has 0 heterocycles. The Balaban J connectivity index is 2.77. The van der Waals surface area contributed by atoms with Crippen LogP contribution < -0.4 is 0 Å². The van der Waals surface area contributed by atoms with Gasteiger partial charge in [-0.2, -0.15) is 0 Å². The van der Waals surface area contributed by atoms with Crippen LogP contribution >= 0.6 is 0 Å². The summed E-state index contributed by atoms with van der Waals surface area (Å²) in [6, 6.07) is 11.2. The van der Waals surface area contributed by atoms with Crippen LogP contribution in [-0.4, -0.2) is 23.0 Å². The van der Waals surface area contributed by atoms with Crippen molar-refractivity contribution in [3.05, 3.63) is 35.9 Å². The maximum absolute atomic E-state index is 2.33. The second-order valence-electron chi connectivity index (χ2n) is 4.73. The summed E-state index contributed by atoms with van der Waals surface area (Å²) in [6.07, 6.45) is 8.16. The Morgan fingerprint density at radius 2 is 1.44 bits per heavy atom. The zero-order valence-electron chi connectivity index (χ0n) is 10.7. The van der Waals surface area contributed by atoms with E-state index in [2.05, 4.69) is 44.2 Å². The molecular formula is C15H25Sb. The molecule has 0 spiro atoms. The van der Waals surface area contributed by atoms with Crippen LogP contribution in [0.2, 0.25) is 0 Å². The average molecular weight is 327 g/mol. The Labute approximate surface area is 114 Å². The minimum atomic E-state index is 0.526. The van der Waals surface area contributed by atoms with Gasteiger partial charge >= 0.3 is 115 Å². The van der Waals surface area contributed by atoms with Crippen LogP contribution in [-0.2, 0) is 3.36 Å². The van der Waals surface area contributed by atoms with Crippen LogP contribution in [0.4, 0.5) is 0 Å². The fourth-order valence-corrected chi connectivity index (χ4v) is 3.88. The van der Waals surface area contributed by atoms with E-state index in [0.29, 0.717) is 3.36 Å². The number of benzene rings is 1. The molecule has 0 N–H and O–H groups in total. The number of rotatable bonds is 7. The zero-order valence-corrected chi connectivity index (χ0v) is 14.0. The van der Waals surface area contributed by atoms with E-state index in [-0.39, 0.29) is 0 Å². The molecule has 0 atom stereocenters. The molecule has 1 heteroatoms. The molecule has 0 aliphatic rings. The van der Waals surface area contributed by atoms with E-state index >= 15 is 0 Å². The van der Waals surface area contributed by atoms with Crippen molar-refractivity contribution in [3.8, 4) is 0 Å². The summed E-state index contributed by atoms with van der Waals surface area (Å²) in [5.74, 6) is 0. The molecule has 0 unspecified atom stereocenters. The van der Waals surface area contributed by atoms with Gasteiger partial charge in [0, 0.05) is 0 Å². The van der Waals surface area contributed by atoms with Gasteiger partial charge in [0.2, 0.25) is 0 Å². The van der Waals surface area contributed by atoms with E-state index in [0.717, 1.165) is 0 Å². The molecule has 0 aliphatic heterocycles. The molecule has 0 fully saturated rings. The Morgan fingerprint density at radius 3 is 1.88 bits per heavy atom. The molecule has 0 bridgehead atoms. The molecule has 1 aromatic carbocycles. The first-order valence-electron chi connectivity index (χ1n) is 6.57. The van der Waals surface area contributed by atoms with Gasteiger partial charge in [0.05, 0.1) is 0 Å². The van der Waals surface area contributed by atoms with Crippen LogP contribution in [0.3, 0.4) is 0 Å². The van der Waals surface area contributed by atoms with Crippen molar-refractivity contribution in [3.63, 3.8) is 0 Å². The van der Waals surface area contributed by atoms with E-state index in [1.165, 1.54) is 61.5 Å². The number of unbranched alkanes of at least 4 members (excludes halogenated alkanes) is 2. The van der Waals surface area contributed by atoms with Crippen molar-refractivity contribution in [2.45, 2.75) is 55.7 Å². The van der Waals surface area contributed by atoms with Gasteiger partial charge in [-0.3, -0.25) is 0 Å². The monoisotopic (exact) mass is 326 g/mol. The van der Waals surface area contributed by atoms with Crippen molar-refractivity contribution in [2.75, 3.05) is 0 Å². The zero-order chi connectivity index (χ0) is 11.9. The van der Waals surface area contributed by atoms with Crippen LogP contribution in [0, 0.1) is 0 Å². The van der Waals surface area contributed by atoms with E-state index in [1.807, 2.05) is 0 Å². The predicted octanol–water partition coefficient (Wildman–Crippen LogP) is 3.90. The number of hydrogen-bond acceptors (Lipinski definition) is 0. The summed E-state index contributed by atoms with van der Waals surface area (Å²) in [5, 5.41) is 0. The first-order valence-corrected chi connectivity index (χ1v) is 8.22. The molecule has 0 aliphatic carbocycles. The quantitative estimate of drug-likeness (QED) is 0.667. The van der Waals surface area contributed by atoms with Crippen molar-refractivity contribution in [1.29, 1.82) is 0 Å². The third-order valence-electron chi connectivity index (χ3n) is 3.30.